The predicted octanol–water partition coefficient (Wildman–Crippen LogP) is 3.85. The van der Waals surface area contributed by atoms with E-state index in [1.807, 2.05) is 6.08 Å². The van der Waals surface area contributed by atoms with Crippen LogP contribution in [0.4, 0.5) is 0 Å². The summed E-state index contributed by atoms with van der Waals surface area (Å²) in [5.74, 6) is 0. The zero-order valence-corrected chi connectivity index (χ0v) is 10.5. The summed E-state index contributed by atoms with van der Waals surface area (Å²) in [5, 5.41) is 0. The zero-order valence-electron chi connectivity index (χ0n) is 10.5. The summed E-state index contributed by atoms with van der Waals surface area (Å²) in [6.07, 6.45) is 1.88. The van der Waals surface area contributed by atoms with Crippen LogP contribution in [0.5, 0.6) is 0 Å². The lowest BCUT2D eigenvalue weighted by Crippen LogP contribution is -2.15. The van der Waals surface area contributed by atoms with Crippen LogP contribution < -0.4 is 0 Å². The molecule has 0 amide bonds. The minimum Gasteiger partial charge on any atom is -0.291 e. The average molecular weight is 235 g/mol. The van der Waals surface area contributed by atoms with Gasteiger partial charge in [-0.2, -0.15) is 0 Å². The third-order valence-corrected chi connectivity index (χ3v) is 3.53. The third kappa shape index (κ3) is 2.22. The van der Waals surface area contributed by atoms with Gasteiger partial charge in [-0.25, -0.2) is 0 Å². The van der Waals surface area contributed by atoms with Gasteiger partial charge in [-0.1, -0.05) is 61.2 Å². The quantitative estimate of drug-likeness (QED) is 0.781. The first-order chi connectivity index (χ1) is 8.85. The smallest absolute Gasteiger partial charge is 0.0244 e. The fourth-order valence-electron chi connectivity index (χ4n) is 2.53. The molecule has 90 valence electrons. The maximum atomic E-state index is 3.78. The van der Waals surface area contributed by atoms with Crippen molar-refractivity contribution in [3.63, 3.8) is 0 Å². The summed E-state index contributed by atoms with van der Waals surface area (Å²) in [4.78, 5) is 2.48. The van der Waals surface area contributed by atoms with E-state index in [2.05, 4.69) is 60.0 Å². The molecule has 0 N–H and O–H groups in total. The summed E-state index contributed by atoms with van der Waals surface area (Å²) >= 11 is 0. The van der Waals surface area contributed by atoms with Gasteiger partial charge in [0.15, 0.2) is 0 Å². The van der Waals surface area contributed by atoms with Crippen molar-refractivity contribution in [1.82, 2.24) is 4.90 Å². The van der Waals surface area contributed by atoms with Crippen LogP contribution in [0.15, 0.2) is 55.1 Å². The van der Waals surface area contributed by atoms with Crippen molar-refractivity contribution in [1.29, 1.82) is 0 Å². The Labute approximate surface area is 108 Å². The van der Waals surface area contributed by atoms with Crippen molar-refractivity contribution in [2.45, 2.75) is 19.6 Å². The van der Waals surface area contributed by atoms with E-state index in [9.17, 15) is 0 Å². The van der Waals surface area contributed by atoms with Crippen molar-refractivity contribution in [2.75, 3.05) is 0 Å². The van der Waals surface area contributed by atoms with Crippen LogP contribution in [0.1, 0.15) is 22.3 Å². The minimum absolute atomic E-state index is 1.02. The third-order valence-electron chi connectivity index (χ3n) is 3.53. The first kappa shape index (κ1) is 11.2. The van der Waals surface area contributed by atoms with Gasteiger partial charge in [0.1, 0.15) is 0 Å². The molecule has 1 heterocycles. The molecule has 2 aromatic carbocycles. The normalized spacial score (nSPS) is 14.4. The Kier molecular flexibility index (Phi) is 2.99. The molecule has 1 aliphatic heterocycles. The molecule has 0 atom stereocenters. The number of rotatable bonds is 3. The van der Waals surface area contributed by atoms with Crippen molar-refractivity contribution in [3.05, 3.63) is 77.4 Å². The number of hydrogen-bond donors (Lipinski definition) is 0. The zero-order chi connectivity index (χ0) is 12.4. The second-order valence-electron chi connectivity index (χ2n) is 4.86. The molecule has 2 aromatic rings. The fraction of sp³-hybridized carbons (Fsp3) is 0.176. The molecule has 0 aromatic heterocycles. The first-order valence-corrected chi connectivity index (χ1v) is 6.35. The Hall–Kier alpha value is -1.86. The van der Waals surface area contributed by atoms with E-state index in [1.54, 1.807) is 0 Å². The molecule has 0 spiro atoms. The molecular formula is C17H17N. The summed E-state index contributed by atoms with van der Waals surface area (Å²) < 4.78 is 0. The second kappa shape index (κ2) is 4.79. The van der Waals surface area contributed by atoms with Gasteiger partial charge in [0, 0.05) is 19.6 Å². The van der Waals surface area contributed by atoms with E-state index in [4.69, 9.17) is 0 Å². The lowest BCUT2D eigenvalue weighted by atomic mass is 10.1. The number of hydrogen-bond acceptors (Lipinski definition) is 1. The fourth-order valence-corrected chi connectivity index (χ4v) is 2.53. The van der Waals surface area contributed by atoms with Crippen LogP contribution in [0.25, 0.3) is 6.08 Å². The van der Waals surface area contributed by atoms with Crippen molar-refractivity contribution in [2.24, 2.45) is 0 Å². The molecule has 0 saturated heterocycles. The number of fused-ring (bicyclic) bond motifs is 1. The number of nitrogens with zero attached hydrogens (tertiary/aromatic N) is 1. The molecule has 3 rings (SSSR count). The highest BCUT2D eigenvalue weighted by Crippen LogP contribution is 2.23. The molecule has 1 aliphatic rings. The van der Waals surface area contributed by atoms with E-state index in [0.29, 0.717) is 0 Å². The van der Waals surface area contributed by atoms with Crippen LogP contribution in [0.2, 0.25) is 0 Å². The van der Waals surface area contributed by atoms with Gasteiger partial charge in [-0.05, 0) is 22.3 Å². The predicted molar refractivity (Wildman–Crippen MR) is 75.9 cm³/mol. The highest BCUT2D eigenvalue weighted by atomic mass is 15.1. The molecular weight excluding hydrogens is 218 g/mol. The number of benzene rings is 2. The van der Waals surface area contributed by atoms with E-state index in [1.165, 1.54) is 22.3 Å². The van der Waals surface area contributed by atoms with Crippen molar-refractivity contribution < 1.29 is 0 Å². The summed E-state index contributed by atoms with van der Waals surface area (Å²) in [7, 11) is 0. The van der Waals surface area contributed by atoms with Gasteiger partial charge in [0.2, 0.25) is 0 Å². The Bertz CT molecular complexity index is 529. The summed E-state index contributed by atoms with van der Waals surface area (Å²) in [5.41, 5.74) is 5.50. The van der Waals surface area contributed by atoms with Crippen LogP contribution in [0.3, 0.4) is 0 Å². The molecule has 0 unspecified atom stereocenters. The van der Waals surface area contributed by atoms with Crippen LogP contribution in [0, 0.1) is 0 Å². The minimum atomic E-state index is 1.02. The Morgan fingerprint density at radius 1 is 0.944 bits per heavy atom. The van der Waals surface area contributed by atoms with Gasteiger partial charge < -0.3 is 0 Å². The van der Waals surface area contributed by atoms with Gasteiger partial charge >= 0.3 is 0 Å². The highest BCUT2D eigenvalue weighted by molar-refractivity contribution is 5.47. The van der Waals surface area contributed by atoms with Crippen molar-refractivity contribution in [3.8, 4) is 0 Å². The van der Waals surface area contributed by atoms with Crippen LogP contribution >= 0.6 is 0 Å². The second-order valence-corrected chi connectivity index (χ2v) is 4.86. The highest BCUT2D eigenvalue weighted by Gasteiger charge is 2.17. The van der Waals surface area contributed by atoms with Crippen LogP contribution in [-0.4, -0.2) is 4.90 Å². The molecule has 0 saturated carbocycles. The van der Waals surface area contributed by atoms with Crippen molar-refractivity contribution >= 4 is 6.08 Å². The first-order valence-electron chi connectivity index (χ1n) is 6.35. The lowest BCUT2D eigenvalue weighted by Gasteiger charge is -2.14. The molecule has 0 aliphatic carbocycles. The monoisotopic (exact) mass is 235 g/mol. The van der Waals surface area contributed by atoms with E-state index >= 15 is 0 Å². The van der Waals surface area contributed by atoms with E-state index < -0.39 is 0 Å². The Morgan fingerprint density at radius 3 is 2.11 bits per heavy atom. The van der Waals surface area contributed by atoms with Crippen LogP contribution in [-0.2, 0) is 19.6 Å². The molecule has 18 heavy (non-hydrogen) atoms. The standard InChI is InChI=1S/C17H17N/c1-2-14-7-9-15(10-8-14)11-18-12-16-5-3-4-6-17(16)13-18/h2-10H,1,11-13H2. The maximum absolute atomic E-state index is 3.78. The molecule has 0 fully saturated rings. The topological polar surface area (TPSA) is 3.24 Å². The van der Waals surface area contributed by atoms with Gasteiger partial charge in [0.25, 0.3) is 0 Å². The summed E-state index contributed by atoms with van der Waals surface area (Å²) in [6, 6.07) is 17.4. The molecule has 0 bridgehead atoms. The largest absolute Gasteiger partial charge is 0.291 e. The Morgan fingerprint density at radius 2 is 1.56 bits per heavy atom. The maximum Gasteiger partial charge on any atom is 0.0244 e. The van der Waals surface area contributed by atoms with Gasteiger partial charge in [-0.15, -0.1) is 0 Å². The van der Waals surface area contributed by atoms with E-state index in [-0.39, 0.29) is 0 Å². The molecule has 0 radical (unpaired) electrons. The average Bonchev–Trinajstić information content (AvgIpc) is 2.82. The Balaban J connectivity index is 1.70. The lowest BCUT2D eigenvalue weighted by molar-refractivity contribution is 0.275. The van der Waals surface area contributed by atoms with Gasteiger partial charge in [0.05, 0.1) is 0 Å². The molecule has 1 heteroatoms. The SMILES string of the molecule is C=Cc1ccc(CN2Cc3ccccc3C2)cc1. The molecule has 1 nitrogen and oxygen atoms in total. The van der Waals surface area contributed by atoms with Gasteiger partial charge in [-0.3, -0.25) is 4.90 Å². The van der Waals surface area contributed by atoms with E-state index in [0.717, 1.165) is 19.6 Å². The summed E-state index contributed by atoms with van der Waals surface area (Å²) in [6.45, 7) is 6.94.